The van der Waals surface area contributed by atoms with Crippen LogP contribution in [0.25, 0.3) is 10.2 Å². The first-order chi connectivity index (χ1) is 18.4. The number of H-pyrrole nitrogens is 1. The van der Waals surface area contributed by atoms with E-state index in [0.29, 0.717) is 46.7 Å². The molecule has 0 saturated heterocycles. The van der Waals surface area contributed by atoms with Gasteiger partial charge < -0.3 is 31.0 Å². The topological polar surface area (TPSA) is 150 Å². The normalized spacial score (nSPS) is 17.6. The van der Waals surface area contributed by atoms with Gasteiger partial charge in [-0.05, 0) is 37.6 Å². The number of amides is 2. The Morgan fingerprint density at radius 3 is 2.87 bits per heavy atom. The summed E-state index contributed by atoms with van der Waals surface area (Å²) in [6, 6.07) is 6.66. The van der Waals surface area contributed by atoms with E-state index in [1.54, 1.807) is 30.5 Å². The number of aromatic nitrogens is 3. The highest BCUT2D eigenvalue weighted by molar-refractivity contribution is 7.22. The third-order valence-corrected chi connectivity index (χ3v) is 7.28. The Morgan fingerprint density at radius 2 is 2.05 bits per heavy atom. The molecule has 0 bridgehead atoms. The zero-order valence-electron chi connectivity index (χ0n) is 20.1. The van der Waals surface area contributed by atoms with Crippen LogP contribution in [0.3, 0.4) is 0 Å². The zero-order chi connectivity index (χ0) is 26.4. The van der Waals surface area contributed by atoms with Gasteiger partial charge in [-0.15, -0.1) is 0 Å². The van der Waals surface area contributed by atoms with Gasteiger partial charge in [-0.1, -0.05) is 11.3 Å². The number of rotatable bonds is 6. The Kier molecular flexibility index (Phi) is 5.91. The number of carbonyl (C=O) groups excluding carboxylic acids is 2. The Hall–Kier alpha value is -4.52. The largest absolute Gasteiger partial charge is 0.474 e. The number of halogens is 1. The summed E-state index contributed by atoms with van der Waals surface area (Å²) in [5.74, 6) is -1.12. The van der Waals surface area contributed by atoms with Gasteiger partial charge in [0.1, 0.15) is 24.0 Å². The van der Waals surface area contributed by atoms with Crippen molar-refractivity contribution in [3.8, 4) is 5.88 Å². The summed E-state index contributed by atoms with van der Waals surface area (Å²) in [4.78, 5) is 49.2. The summed E-state index contributed by atoms with van der Waals surface area (Å²) < 4.78 is 19.5. The van der Waals surface area contributed by atoms with Crippen LogP contribution in [-0.2, 0) is 4.79 Å². The smallest absolute Gasteiger partial charge is 0.263 e. The minimum atomic E-state index is -1.09. The molecule has 0 spiro atoms. The SMILES string of the molecule is Cc1c(Nc2cc[nH]c(=O)c2C(=O)Nc2ccc3sc(NC(=O)[C@@H]4C[C@@H]4F)nc3c2)cnc2c1NCCO2. The zero-order valence-corrected chi connectivity index (χ0v) is 20.9. The summed E-state index contributed by atoms with van der Waals surface area (Å²) in [6.07, 6.45) is 2.18. The number of benzene rings is 1. The van der Waals surface area contributed by atoms with Crippen molar-refractivity contribution in [2.24, 2.45) is 5.92 Å². The summed E-state index contributed by atoms with van der Waals surface area (Å²) in [6.45, 7) is 3.05. The number of aromatic amines is 1. The molecule has 1 fully saturated rings. The molecule has 0 radical (unpaired) electrons. The Balaban J connectivity index is 1.23. The van der Waals surface area contributed by atoms with Crippen molar-refractivity contribution >= 4 is 61.2 Å². The molecule has 11 nitrogen and oxygen atoms in total. The van der Waals surface area contributed by atoms with E-state index < -0.39 is 23.6 Å². The van der Waals surface area contributed by atoms with Crippen LogP contribution in [-0.4, -0.2) is 46.1 Å². The van der Waals surface area contributed by atoms with Crippen molar-refractivity contribution in [2.45, 2.75) is 19.5 Å². The molecular formula is C25H22FN7O4S. The third-order valence-electron chi connectivity index (χ3n) is 6.33. The van der Waals surface area contributed by atoms with E-state index in [4.69, 9.17) is 4.74 Å². The number of carbonyl (C=O) groups is 2. The number of ether oxygens (including phenoxy) is 1. The van der Waals surface area contributed by atoms with E-state index in [-0.39, 0.29) is 17.9 Å². The average Bonchev–Trinajstić information content (AvgIpc) is 3.50. The van der Waals surface area contributed by atoms with Crippen LogP contribution in [0.5, 0.6) is 5.88 Å². The Labute approximate surface area is 218 Å². The fourth-order valence-electron chi connectivity index (χ4n) is 4.19. The molecule has 2 atom stereocenters. The molecule has 3 aromatic heterocycles. The van der Waals surface area contributed by atoms with Crippen LogP contribution in [0.4, 0.5) is 32.3 Å². The van der Waals surface area contributed by atoms with E-state index in [0.717, 1.165) is 16.0 Å². The van der Waals surface area contributed by atoms with Gasteiger partial charge in [0.15, 0.2) is 5.13 Å². The fourth-order valence-corrected chi connectivity index (χ4v) is 5.03. The van der Waals surface area contributed by atoms with Crippen LogP contribution in [0.1, 0.15) is 22.3 Å². The predicted molar refractivity (Wildman–Crippen MR) is 143 cm³/mol. The van der Waals surface area contributed by atoms with Gasteiger partial charge in [-0.3, -0.25) is 14.4 Å². The van der Waals surface area contributed by atoms with Gasteiger partial charge in [0, 0.05) is 24.0 Å². The van der Waals surface area contributed by atoms with Gasteiger partial charge in [-0.2, -0.15) is 0 Å². The fraction of sp³-hybridized carbons (Fsp3) is 0.240. The molecular weight excluding hydrogens is 513 g/mol. The second kappa shape index (κ2) is 9.41. The highest BCUT2D eigenvalue weighted by atomic mass is 32.1. The maximum atomic E-state index is 13.2. The molecule has 13 heteroatoms. The molecule has 38 heavy (non-hydrogen) atoms. The van der Waals surface area contributed by atoms with E-state index in [1.165, 1.54) is 17.5 Å². The number of hydrogen-bond donors (Lipinski definition) is 5. The highest BCUT2D eigenvalue weighted by Gasteiger charge is 2.43. The monoisotopic (exact) mass is 535 g/mol. The standard InChI is InChI=1S/C25H22FN7O4S/c1-11-17(10-29-24-20(11)27-6-7-37-24)31-15-4-5-28-22(35)19(15)23(36)30-12-2-3-18-16(8-12)32-25(38-18)33-21(34)13-9-14(13)26/h2-5,8,10,13-14,27H,6-7,9H2,1H3,(H,30,36)(H2,28,31,35)(H,32,33,34)/t13-,14+/m1/s1. The van der Waals surface area contributed by atoms with E-state index in [2.05, 4.69) is 36.2 Å². The van der Waals surface area contributed by atoms with Crippen molar-refractivity contribution in [3.05, 3.63) is 58.1 Å². The summed E-state index contributed by atoms with van der Waals surface area (Å²) >= 11 is 1.25. The molecule has 2 aliphatic rings. The molecule has 1 aromatic carbocycles. The molecule has 1 saturated carbocycles. The lowest BCUT2D eigenvalue weighted by Crippen LogP contribution is -2.25. The maximum absolute atomic E-state index is 13.2. The average molecular weight is 536 g/mol. The lowest BCUT2D eigenvalue weighted by molar-refractivity contribution is -0.117. The van der Waals surface area contributed by atoms with Crippen molar-refractivity contribution in [1.82, 2.24) is 15.0 Å². The number of nitrogens with one attached hydrogen (secondary N) is 5. The second-order valence-electron chi connectivity index (χ2n) is 8.98. The Bertz CT molecular complexity index is 1650. The molecule has 0 unspecified atom stereocenters. The first-order valence-corrected chi connectivity index (χ1v) is 12.7. The highest BCUT2D eigenvalue weighted by Crippen LogP contribution is 2.36. The number of hydrogen-bond acceptors (Lipinski definition) is 9. The number of anilines is 5. The molecule has 4 aromatic rings. The minimum absolute atomic E-state index is 0.106. The number of alkyl halides is 1. The first-order valence-electron chi connectivity index (χ1n) is 11.9. The first kappa shape index (κ1) is 23.9. The van der Waals surface area contributed by atoms with Crippen molar-refractivity contribution in [2.75, 3.05) is 34.4 Å². The number of nitrogens with zero attached hydrogens (tertiary/aromatic N) is 2. The van der Waals surface area contributed by atoms with Gasteiger partial charge in [0.05, 0.1) is 33.7 Å². The number of fused-ring (bicyclic) bond motifs is 2. The molecule has 1 aliphatic heterocycles. The molecule has 6 rings (SSSR count). The van der Waals surface area contributed by atoms with Crippen LogP contribution in [0, 0.1) is 12.8 Å². The van der Waals surface area contributed by atoms with Crippen molar-refractivity contribution in [1.29, 1.82) is 0 Å². The molecule has 4 heterocycles. The lowest BCUT2D eigenvalue weighted by atomic mass is 10.1. The minimum Gasteiger partial charge on any atom is -0.474 e. The van der Waals surface area contributed by atoms with Crippen LogP contribution >= 0.6 is 11.3 Å². The van der Waals surface area contributed by atoms with Crippen LogP contribution in [0.2, 0.25) is 0 Å². The van der Waals surface area contributed by atoms with Gasteiger partial charge in [-0.25, -0.2) is 14.4 Å². The van der Waals surface area contributed by atoms with E-state index >= 15 is 0 Å². The summed E-state index contributed by atoms with van der Waals surface area (Å²) in [5, 5.41) is 12.1. The van der Waals surface area contributed by atoms with Crippen LogP contribution in [0.15, 0.2) is 41.5 Å². The van der Waals surface area contributed by atoms with Crippen molar-refractivity contribution < 1.29 is 18.7 Å². The maximum Gasteiger partial charge on any atom is 0.263 e. The van der Waals surface area contributed by atoms with Crippen LogP contribution < -0.4 is 31.6 Å². The number of thiazole rings is 1. The third kappa shape index (κ3) is 4.52. The van der Waals surface area contributed by atoms with Gasteiger partial charge in [0.25, 0.3) is 11.5 Å². The predicted octanol–water partition coefficient (Wildman–Crippen LogP) is 3.78. The second-order valence-corrected chi connectivity index (χ2v) is 10.0. The molecule has 5 N–H and O–H groups in total. The van der Waals surface area contributed by atoms with Gasteiger partial charge in [0.2, 0.25) is 11.8 Å². The summed E-state index contributed by atoms with van der Waals surface area (Å²) in [5.41, 5.74) is 2.80. The molecule has 194 valence electrons. The summed E-state index contributed by atoms with van der Waals surface area (Å²) in [7, 11) is 0. The van der Waals surface area contributed by atoms with E-state index in [9.17, 15) is 18.8 Å². The molecule has 2 amide bonds. The Morgan fingerprint density at radius 1 is 1.21 bits per heavy atom. The lowest BCUT2D eigenvalue weighted by Gasteiger charge is -2.22. The quantitative estimate of drug-likeness (QED) is 0.250. The van der Waals surface area contributed by atoms with Crippen molar-refractivity contribution in [3.63, 3.8) is 0 Å². The number of pyridine rings is 2. The van der Waals surface area contributed by atoms with E-state index in [1.807, 2.05) is 6.92 Å². The molecule has 1 aliphatic carbocycles. The van der Waals surface area contributed by atoms with Gasteiger partial charge >= 0.3 is 0 Å².